The molecule has 6 heteroatoms. The van der Waals surface area contributed by atoms with Gasteiger partial charge in [0.2, 0.25) is 6.79 Å². The predicted octanol–water partition coefficient (Wildman–Crippen LogP) is 4.22. The number of carbonyl (C=O) groups is 1. The number of nitrogens with zero attached hydrogens (tertiary/aromatic N) is 1. The van der Waals surface area contributed by atoms with Crippen molar-refractivity contribution in [1.82, 2.24) is 5.43 Å². The fourth-order valence-electron chi connectivity index (χ4n) is 2.80. The van der Waals surface area contributed by atoms with Crippen molar-refractivity contribution in [2.75, 3.05) is 6.79 Å². The molecule has 0 aliphatic carbocycles. The second-order valence-electron chi connectivity index (χ2n) is 5.76. The zero-order chi connectivity index (χ0) is 17.9. The highest BCUT2D eigenvalue weighted by Crippen LogP contribution is 2.33. The summed E-state index contributed by atoms with van der Waals surface area (Å²) in [6.45, 7) is 2.24. The zero-order valence-electron chi connectivity index (χ0n) is 14.1. The van der Waals surface area contributed by atoms with Gasteiger partial charge in [-0.2, -0.15) is 5.10 Å². The number of fused-ring (bicyclic) bond motifs is 1. The summed E-state index contributed by atoms with van der Waals surface area (Å²) in [4.78, 5) is 13.7. The average Bonchev–Trinajstić information content (AvgIpc) is 3.28. The number of ether oxygens (including phenoxy) is 2. The molecule has 0 saturated heterocycles. The van der Waals surface area contributed by atoms with E-state index in [2.05, 4.69) is 10.5 Å². The number of benzene rings is 2. The first-order valence-corrected chi connectivity index (χ1v) is 8.97. The molecule has 0 spiro atoms. The highest BCUT2D eigenvalue weighted by Gasteiger charge is 2.17. The SMILES string of the molecule is Cc1scc(C(=O)N/N=C/c2ccc3c(c2)OCO3)c1-c1ccccc1. The highest BCUT2D eigenvalue weighted by molar-refractivity contribution is 7.10. The van der Waals surface area contributed by atoms with E-state index in [1.165, 1.54) is 0 Å². The van der Waals surface area contributed by atoms with Crippen LogP contribution in [-0.2, 0) is 0 Å². The first-order valence-electron chi connectivity index (χ1n) is 8.09. The third-order valence-corrected chi connectivity index (χ3v) is 4.97. The van der Waals surface area contributed by atoms with Gasteiger partial charge in [0.05, 0.1) is 11.8 Å². The molecule has 0 fully saturated rings. The van der Waals surface area contributed by atoms with E-state index in [9.17, 15) is 4.79 Å². The third kappa shape index (κ3) is 3.19. The molecular weight excluding hydrogens is 348 g/mol. The summed E-state index contributed by atoms with van der Waals surface area (Å²) in [6.07, 6.45) is 1.58. The third-order valence-electron chi connectivity index (χ3n) is 4.06. The molecule has 3 aromatic rings. The minimum absolute atomic E-state index is 0.229. The lowest BCUT2D eigenvalue weighted by Gasteiger charge is -2.05. The summed E-state index contributed by atoms with van der Waals surface area (Å²) in [5, 5.41) is 5.94. The summed E-state index contributed by atoms with van der Waals surface area (Å²) in [5.41, 5.74) is 6.02. The number of hydrogen-bond acceptors (Lipinski definition) is 5. The Balaban J connectivity index is 1.51. The fourth-order valence-corrected chi connectivity index (χ4v) is 3.67. The van der Waals surface area contributed by atoms with Crippen molar-refractivity contribution in [3.63, 3.8) is 0 Å². The van der Waals surface area contributed by atoms with E-state index in [0.717, 1.165) is 21.6 Å². The van der Waals surface area contributed by atoms with E-state index in [-0.39, 0.29) is 12.7 Å². The van der Waals surface area contributed by atoms with Gasteiger partial charge in [-0.15, -0.1) is 11.3 Å². The molecule has 4 rings (SSSR count). The fraction of sp³-hybridized carbons (Fsp3) is 0.100. The minimum atomic E-state index is -0.231. The van der Waals surface area contributed by atoms with E-state index in [1.54, 1.807) is 17.6 Å². The van der Waals surface area contributed by atoms with E-state index in [0.29, 0.717) is 17.1 Å². The molecule has 2 aromatic carbocycles. The lowest BCUT2D eigenvalue weighted by atomic mass is 10.0. The van der Waals surface area contributed by atoms with Gasteiger partial charge >= 0.3 is 0 Å². The molecule has 1 aliphatic rings. The van der Waals surface area contributed by atoms with Gasteiger partial charge in [-0.25, -0.2) is 5.43 Å². The number of hydrazone groups is 1. The maximum absolute atomic E-state index is 12.6. The lowest BCUT2D eigenvalue weighted by Crippen LogP contribution is -2.17. The molecule has 130 valence electrons. The minimum Gasteiger partial charge on any atom is -0.454 e. The number of rotatable bonds is 4. The predicted molar refractivity (Wildman–Crippen MR) is 102 cm³/mol. The van der Waals surface area contributed by atoms with Gasteiger partial charge in [-0.3, -0.25) is 4.79 Å². The topological polar surface area (TPSA) is 59.9 Å². The number of thiophene rings is 1. The Morgan fingerprint density at radius 2 is 1.96 bits per heavy atom. The van der Waals surface area contributed by atoms with Crippen LogP contribution in [0, 0.1) is 6.92 Å². The van der Waals surface area contributed by atoms with Gasteiger partial charge in [-0.05, 0) is 36.2 Å². The van der Waals surface area contributed by atoms with Gasteiger partial charge in [0, 0.05) is 15.8 Å². The van der Waals surface area contributed by atoms with E-state index >= 15 is 0 Å². The Morgan fingerprint density at radius 1 is 1.15 bits per heavy atom. The van der Waals surface area contributed by atoms with Crippen molar-refractivity contribution in [3.8, 4) is 22.6 Å². The van der Waals surface area contributed by atoms with Crippen LogP contribution in [0.4, 0.5) is 0 Å². The molecule has 1 amide bonds. The van der Waals surface area contributed by atoms with Crippen LogP contribution in [0.25, 0.3) is 11.1 Å². The van der Waals surface area contributed by atoms with Crippen LogP contribution in [0.1, 0.15) is 20.8 Å². The first kappa shape index (κ1) is 16.4. The van der Waals surface area contributed by atoms with Crippen LogP contribution in [0.15, 0.2) is 59.0 Å². The van der Waals surface area contributed by atoms with Gasteiger partial charge in [0.25, 0.3) is 5.91 Å². The zero-order valence-corrected chi connectivity index (χ0v) is 14.9. The Labute approximate surface area is 154 Å². The van der Waals surface area contributed by atoms with E-state index < -0.39 is 0 Å². The molecule has 0 radical (unpaired) electrons. The smallest absolute Gasteiger partial charge is 0.272 e. The van der Waals surface area contributed by atoms with Crippen LogP contribution in [0.2, 0.25) is 0 Å². The Bertz CT molecular complexity index is 980. The highest BCUT2D eigenvalue weighted by atomic mass is 32.1. The Hall–Kier alpha value is -3.12. The molecule has 0 bridgehead atoms. The van der Waals surface area contributed by atoms with Crippen LogP contribution in [0.3, 0.4) is 0 Å². The molecule has 0 saturated carbocycles. The van der Waals surface area contributed by atoms with Gasteiger partial charge in [0.15, 0.2) is 11.5 Å². The number of carbonyl (C=O) groups excluding carboxylic acids is 1. The average molecular weight is 364 g/mol. The van der Waals surface area contributed by atoms with Gasteiger partial charge in [0.1, 0.15) is 0 Å². The lowest BCUT2D eigenvalue weighted by molar-refractivity contribution is 0.0956. The van der Waals surface area contributed by atoms with Crippen molar-refractivity contribution in [1.29, 1.82) is 0 Å². The maximum atomic E-state index is 12.6. The van der Waals surface area contributed by atoms with Gasteiger partial charge < -0.3 is 9.47 Å². The molecule has 1 aliphatic heterocycles. The van der Waals surface area contributed by atoms with Crippen LogP contribution in [0.5, 0.6) is 11.5 Å². The van der Waals surface area contributed by atoms with Crippen LogP contribution < -0.4 is 14.9 Å². The Morgan fingerprint density at radius 3 is 2.81 bits per heavy atom. The standard InChI is InChI=1S/C20H16N2O3S/c1-13-19(15-5-3-2-4-6-15)16(11-26-13)20(23)22-21-10-14-7-8-17-18(9-14)25-12-24-17/h2-11H,12H2,1H3,(H,22,23)/b21-10+. The van der Waals surface area contributed by atoms with Crippen molar-refractivity contribution in [3.05, 3.63) is 69.9 Å². The summed E-state index contributed by atoms with van der Waals surface area (Å²) >= 11 is 1.55. The molecular formula is C20H16N2O3S. The molecule has 1 aromatic heterocycles. The van der Waals surface area contributed by atoms with Crippen LogP contribution >= 0.6 is 11.3 Å². The van der Waals surface area contributed by atoms with Crippen molar-refractivity contribution >= 4 is 23.5 Å². The molecule has 1 N–H and O–H groups in total. The second-order valence-corrected chi connectivity index (χ2v) is 6.84. The van der Waals surface area contributed by atoms with Crippen molar-refractivity contribution < 1.29 is 14.3 Å². The van der Waals surface area contributed by atoms with E-state index in [4.69, 9.17) is 9.47 Å². The molecule has 5 nitrogen and oxygen atoms in total. The number of amides is 1. The molecule has 2 heterocycles. The number of aryl methyl sites for hydroxylation is 1. The Kier molecular flexibility index (Phi) is 4.41. The second kappa shape index (κ2) is 7.01. The summed E-state index contributed by atoms with van der Waals surface area (Å²) < 4.78 is 10.6. The first-order chi connectivity index (χ1) is 12.7. The normalized spacial score (nSPS) is 12.5. The number of hydrogen-bond donors (Lipinski definition) is 1. The van der Waals surface area contributed by atoms with Gasteiger partial charge in [-0.1, -0.05) is 30.3 Å². The van der Waals surface area contributed by atoms with E-state index in [1.807, 2.05) is 60.8 Å². The van der Waals surface area contributed by atoms with Crippen LogP contribution in [-0.4, -0.2) is 18.9 Å². The van der Waals surface area contributed by atoms with Crippen molar-refractivity contribution in [2.45, 2.75) is 6.92 Å². The summed E-state index contributed by atoms with van der Waals surface area (Å²) in [5.74, 6) is 1.16. The molecule has 0 unspecified atom stereocenters. The largest absolute Gasteiger partial charge is 0.454 e. The molecule has 26 heavy (non-hydrogen) atoms. The molecule has 0 atom stereocenters. The monoisotopic (exact) mass is 364 g/mol. The number of nitrogens with one attached hydrogen (secondary N) is 1. The van der Waals surface area contributed by atoms with Crippen molar-refractivity contribution in [2.24, 2.45) is 5.10 Å². The summed E-state index contributed by atoms with van der Waals surface area (Å²) in [7, 11) is 0. The summed E-state index contributed by atoms with van der Waals surface area (Å²) in [6, 6.07) is 15.4. The quantitative estimate of drug-likeness (QED) is 0.557. The maximum Gasteiger partial charge on any atom is 0.272 e.